The molecule has 144 valence electrons. The van der Waals surface area contributed by atoms with Crippen LogP contribution in [0, 0.1) is 0 Å². The first-order chi connectivity index (χ1) is 13.2. The number of carbonyl (C=O) groups is 1. The molecule has 0 aliphatic rings. The molecule has 1 aromatic heterocycles. The molecule has 0 fully saturated rings. The molecule has 1 heterocycles. The molecule has 7 nitrogen and oxygen atoms in total. The van der Waals surface area contributed by atoms with Crippen LogP contribution in [0.25, 0.3) is 10.9 Å². The summed E-state index contributed by atoms with van der Waals surface area (Å²) in [4.78, 5) is 39.0. The summed E-state index contributed by atoms with van der Waals surface area (Å²) >= 11 is 23.8. The summed E-state index contributed by atoms with van der Waals surface area (Å²) < 4.78 is 0. The number of H-pyrrole nitrogens is 1. The van der Waals surface area contributed by atoms with Crippen molar-refractivity contribution in [2.45, 2.75) is 0 Å². The van der Waals surface area contributed by atoms with Crippen molar-refractivity contribution in [2.75, 3.05) is 10.6 Å². The first kappa shape index (κ1) is 20.3. The lowest BCUT2D eigenvalue weighted by molar-refractivity contribution is 0.262. The van der Waals surface area contributed by atoms with E-state index < -0.39 is 28.5 Å². The molecule has 0 radical (unpaired) electrons. The Morgan fingerprint density at radius 1 is 0.929 bits per heavy atom. The maximum Gasteiger partial charge on any atom is 0.323 e. The van der Waals surface area contributed by atoms with E-state index in [4.69, 9.17) is 46.4 Å². The Kier molecular flexibility index (Phi) is 5.71. The second kappa shape index (κ2) is 7.89. The van der Waals surface area contributed by atoms with Crippen LogP contribution in [0.15, 0.2) is 39.9 Å². The molecule has 0 atom stereocenters. The summed E-state index contributed by atoms with van der Waals surface area (Å²) in [7, 11) is 0. The lowest BCUT2D eigenvalue weighted by Gasteiger charge is -2.12. The van der Waals surface area contributed by atoms with Gasteiger partial charge >= 0.3 is 6.03 Å². The molecule has 2 amide bonds. The summed E-state index contributed by atoms with van der Waals surface area (Å²) in [6.45, 7) is 0. The summed E-state index contributed by atoms with van der Waals surface area (Å²) in [5, 5.41) is 14.9. The third-order valence-corrected chi connectivity index (χ3v) is 5.25. The largest absolute Gasteiger partial charge is 0.505 e. The first-order valence-corrected chi connectivity index (χ1v) is 9.01. The van der Waals surface area contributed by atoms with Gasteiger partial charge in [-0.15, -0.1) is 0 Å². The number of hydrogen-bond donors (Lipinski definition) is 4. The Balaban J connectivity index is 2.05. The molecule has 0 aliphatic heterocycles. The third-order valence-electron chi connectivity index (χ3n) is 3.69. The molecule has 0 bridgehead atoms. The molecule has 0 saturated heterocycles. The number of carbonyl (C=O) groups excluding carboxylic acids is 1. The second-order valence-electron chi connectivity index (χ2n) is 5.47. The molecular formula is C17H9Cl4N3O4. The average Bonchev–Trinajstić information content (AvgIpc) is 2.74. The molecule has 3 aromatic rings. The van der Waals surface area contributed by atoms with Gasteiger partial charge in [-0.25, -0.2) is 4.79 Å². The number of nitrogens with one attached hydrogen (secondary N) is 3. The smallest absolute Gasteiger partial charge is 0.323 e. The van der Waals surface area contributed by atoms with Crippen LogP contribution in [0.3, 0.4) is 0 Å². The van der Waals surface area contributed by atoms with E-state index in [-0.39, 0.29) is 36.7 Å². The molecule has 11 heteroatoms. The van der Waals surface area contributed by atoms with Crippen molar-refractivity contribution in [1.82, 2.24) is 4.98 Å². The number of anilines is 2. The number of aromatic nitrogens is 1. The van der Waals surface area contributed by atoms with Gasteiger partial charge in [0.05, 0.1) is 31.3 Å². The topological polar surface area (TPSA) is 111 Å². The van der Waals surface area contributed by atoms with Crippen molar-refractivity contribution in [3.8, 4) is 5.75 Å². The van der Waals surface area contributed by atoms with Crippen molar-refractivity contribution >= 4 is 74.7 Å². The Bertz CT molecular complexity index is 1240. The number of para-hydroxylation sites is 1. The highest BCUT2D eigenvalue weighted by Gasteiger charge is 2.19. The van der Waals surface area contributed by atoms with Crippen molar-refractivity contribution in [2.24, 2.45) is 0 Å². The number of rotatable bonds is 2. The molecule has 28 heavy (non-hydrogen) atoms. The van der Waals surface area contributed by atoms with Crippen molar-refractivity contribution < 1.29 is 9.90 Å². The monoisotopic (exact) mass is 459 g/mol. The van der Waals surface area contributed by atoms with Crippen LogP contribution in [0.5, 0.6) is 5.75 Å². The standard InChI is InChI=1S/C17H9Cl4N3O4/c18-7-5-8(19)12(11(21)10(7)20)23-17(28)24-13-14(25)6-3-1-2-4-9(6)22-16(27)15(13)26/h1-5H,(H4,22,23,24,25,26,27,28). The molecule has 2 aromatic carbocycles. The predicted octanol–water partition coefficient (Wildman–Crippen LogP) is 4.85. The van der Waals surface area contributed by atoms with E-state index in [2.05, 4.69) is 15.6 Å². The highest BCUT2D eigenvalue weighted by Crippen LogP contribution is 2.41. The summed E-state index contributed by atoms with van der Waals surface area (Å²) in [6, 6.07) is 6.43. The van der Waals surface area contributed by atoms with Gasteiger partial charge in [0.2, 0.25) is 0 Å². The fourth-order valence-corrected chi connectivity index (χ4v) is 3.40. The number of amides is 2. The van der Waals surface area contributed by atoms with Gasteiger partial charge in [-0.3, -0.25) is 9.59 Å². The second-order valence-corrected chi connectivity index (χ2v) is 7.05. The maximum absolute atomic E-state index is 12.4. The fraction of sp³-hybridized carbons (Fsp3) is 0. The first-order valence-electron chi connectivity index (χ1n) is 7.50. The predicted molar refractivity (Wildman–Crippen MR) is 112 cm³/mol. The lowest BCUT2D eigenvalue weighted by atomic mass is 10.2. The van der Waals surface area contributed by atoms with E-state index in [1.165, 1.54) is 18.2 Å². The van der Waals surface area contributed by atoms with Crippen LogP contribution >= 0.6 is 46.4 Å². The molecule has 3 rings (SSSR count). The number of fused-ring (bicyclic) bond motifs is 1. The number of halogens is 4. The normalized spacial score (nSPS) is 10.7. The number of aromatic amines is 1. The summed E-state index contributed by atoms with van der Waals surface area (Å²) in [5.74, 6) is -0.583. The SMILES string of the molecule is O=C(Nc1c(Cl)cc(Cl)c(Cl)c1Cl)Nc1c(O)c2ccccc2[nH]c(=O)c1=O. The van der Waals surface area contributed by atoms with Gasteiger partial charge in [-0.05, 0) is 18.2 Å². The molecule has 0 spiro atoms. The minimum Gasteiger partial charge on any atom is -0.505 e. The van der Waals surface area contributed by atoms with E-state index in [1.54, 1.807) is 12.1 Å². The Morgan fingerprint density at radius 3 is 2.29 bits per heavy atom. The molecule has 0 aliphatic carbocycles. The van der Waals surface area contributed by atoms with Gasteiger partial charge < -0.3 is 20.7 Å². The van der Waals surface area contributed by atoms with E-state index in [0.717, 1.165) is 0 Å². The third kappa shape index (κ3) is 3.74. The number of hydrogen-bond acceptors (Lipinski definition) is 4. The van der Waals surface area contributed by atoms with Crippen LogP contribution in [0.1, 0.15) is 0 Å². The van der Waals surface area contributed by atoms with Crippen molar-refractivity contribution in [3.05, 3.63) is 71.0 Å². The van der Waals surface area contributed by atoms with Gasteiger partial charge in [-0.2, -0.15) is 0 Å². The van der Waals surface area contributed by atoms with E-state index in [9.17, 15) is 19.5 Å². The molecule has 0 unspecified atom stereocenters. The summed E-state index contributed by atoms with van der Waals surface area (Å²) in [6.07, 6.45) is 0. The minimum absolute atomic E-state index is 0.0111. The Labute approximate surface area is 176 Å². The zero-order valence-corrected chi connectivity index (χ0v) is 16.6. The van der Waals surface area contributed by atoms with Gasteiger partial charge in [0.1, 0.15) is 5.69 Å². The zero-order valence-electron chi connectivity index (χ0n) is 13.6. The zero-order chi connectivity index (χ0) is 20.6. The van der Waals surface area contributed by atoms with Crippen LogP contribution in [-0.4, -0.2) is 16.1 Å². The average molecular weight is 461 g/mol. The van der Waals surface area contributed by atoms with Crippen LogP contribution in [0.2, 0.25) is 20.1 Å². The van der Waals surface area contributed by atoms with E-state index >= 15 is 0 Å². The van der Waals surface area contributed by atoms with Gasteiger partial charge in [0, 0.05) is 5.39 Å². The quantitative estimate of drug-likeness (QED) is 0.248. The fourth-order valence-electron chi connectivity index (χ4n) is 2.39. The lowest BCUT2D eigenvalue weighted by Crippen LogP contribution is -2.30. The minimum atomic E-state index is -1.14. The van der Waals surface area contributed by atoms with Crippen molar-refractivity contribution in [3.63, 3.8) is 0 Å². The van der Waals surface area contributed by atoms with Crippen LogP contribution in [0.4, 0.5) is 16.2 Å². The van der Waals surface area contributed by atoms with Gasteiger partial charge in [0.15, 0.2) is 5.75 Å². The van der Waals surface area contributed by atoms with Crippen molar-refractivity contribution in [1.29, 1.82) is 0 Å². The van der Waals surface area contributed by atoms with E-state index in [0.29, 0.717) is 0 Å². The maximum atomic E-state index is 12.4. The summed E-state index contributed by atoms with van der Waals surface area (Å²) in [5.41, 5.74) is -2.65. The highest BCUT2D eigenvalue weighted by atomic mass is 35.5. The number of benzene rings is 2. The number of urea groups is 1. The molecule has 0 saturated carbocycles. The Hall–Kier alpha value is -2.45. The number of aromatic hydroxyl groups is 1. The molecule has 4 N–H and O–H groups in total. The highest BCUT2D eigenvalue weighted by molar-refractivity contribution is 6.51. The van der Waals surface area contributed by atoms with E-state index in [1.807, 2.05) is 0 Å². The van der Waals surface area contributed by atoms with Crippen LogP contribution in [-0.2, 0) is 0 Å². The molecular weight excluding hydrogens is 452 g/mol. The van der Waals surface area contributed by atoms with Gasteiger partial charge in [-0.1, -0.05) is 58.5 Å². The van der Waals surface area contributed by atoms with Gasteiger partial charge in [0.25, 0.3) is 11.0 Å². The van der Waals surface area contributed by atoms with Crippen LogP contribution < -0.4 is 21.6 Å². The Morgan fingerprint density at radius 2 is 1.57 bits per heavy atom.